The van der Waals surface area contributed by atoms with E-state index >= 15 is 0 Å². The number of hydrogen-bond acceptors (Lipinski definition) is 2. The predicted octanol–water partition coefficient (Wildman–Crippen LogP) is 3.75. The van der Waals surface area contributed by atoms with Gasteiger partial charge in [0.1, 0.15) is 5.78 Å². The first-order valence-electron chi connectivity index (χ1n) is 6.79. The minimum atomic E-state index is -0.0343. The number of hydrogen-bond donors (Lipinski definition) is 0. The predicted molar refractivity (Wildman–Crippen MR) is 74.1 cm³/mol. The minimum Gasteiger partial charge on any atom is -0.299 e. The molecule has 0 N–H and O–H groups in total. The fourth-order valence-electron chi connectivity index (χ4n) is 2.07. The Morgan fingerprint density at radius 2 is 1.78 bits per heavy atom. The molecule has 0 amide bonds. The number of rotatable bonds is 7. The molecular formula is C16H22O2. The molecule has 0 spiro atoms. The maximum Gasteiger partial charge on any atom is 0.170 e. The zero-order chi connectivity index (χ0) is 13.5. The Morgan fingerprint density at radius 1 is 1.06 bits per heavy atom. The van der Waals surface area contributed by atoms with E-state index in [9.17, 15) is 9.59 Å². The monoisotopic (exact) mass is 246 g/mol. The summed E-state index contributed by atoms with van der Waals surface area (Å²) in [5, 5.41) is 0. The molecule has 0 saturated heterocycles. The van der Waals surface area contributed by atoms with Gasteiger partial charge >= 0.3 is 0 Å². The van der Waals surface area contributed by atoms with Crippen LogP contribution in [0.3, 0.4) is 0 Å². The standard InChI is InChI=1S/C16H22O2/c1-4-7-14(17)11-16(18)15-9-8-12(5-2)10-13(15)6-3/h8-10H,4-7,11H2,1-3H3. The summed E-state index contributed by atoms with van der Waals surface area (Å²) in [6.07, 6.45) is 3.15. The third-order valence-corrected chi connectivity index (χ3v) is 3.15. The van der Waals surface area contributed by atoms with Crippen LogP contribution in [0.25, 0.3) is 0 Å². The Kier molecular flexibility index (Phi) is 5.76. The molecule has 0 aliphatic rings. The van der Waals surface area contributed by atoms with Crippen molar-refractivity contribution in [3.8, 4) is 0 Å². The van der Waals surface area contributed by atoms with Gasteiger partial charge < -0.3 is 0 Å². The van der Waals surface area contributed by atoms with Gasteiger partial charge in [-0.15, -0.1) is 0 Å². The Bertz CT molecular complexity index is 433. The van der Waals surface area contributed by atoms with Crippen LogP contribution in [0.15, 0.2) is 18.2 Å². The molecule has 0 radical (unpaired) electrons. The fraction of sp³-hybridized carbons (Fsp3) is 0.500. The lowest BCUT2D eigenvalue weighted by molar-refractivity contribution is -0.118. The molecule has 0 aliphatic heterocycles. The highest BCUT2D eigenvalue weighted by molar-refractivity contribution is 6.08. The van der Waals surface area contributed by atoms with E-state index in [1.54, 1.807) is 0 Å². The number of carbonyl (C=O) groups excluding carboxylic acids is 2. The van der Waals surface area contributed by atoms with Gasteiger partial charge in [-0.25, -0.2) is 0 Å². The molecular weight excluding hydrogens is 224 g/mol. The van der Waals surface area contributed by atoms with Crippen LogP contribution in [0, 0.1) is 0 Å². The zero-order valence-corrected chi connectivity index (χ0v) is 11.6. The third kappa shape index (κ3) is 3.80. The quantitative estimate of drug-likeness (QED) is 0.542. The second-order valence-electron chi connectivity index (χ2n) is 4.59. The number of carbonyl (C=O) groups is 2. The van der Waals surface area contributed by atoms with E-state index < -0.39 is 0 Å². The highest BCUT2D eigenvalue weighted by atomic mass is 16.1. The molecule has 1 aromatic carbocycles. The third-order valence-electron chi connectivity index (χ3n) is 3.15. The van der Waals surface area contributed by atoms with Gasteiger partial charge in [0.2, 0.25) is 0 Å². The SMILES string of the molecule is CCCC(=O)CC(=O)c1ccc(CC)cc1CC. The summed E-state index contributed by atoms with van der Waals surface area (Å²) in [7, 11) is 0. The number of Topliss-reactive ketones (excluding diaryl/α,β-unsaturated/α-hetero) is 2. The molecule has 0 fully saturated rings. The number of ketones is 2. The normalized spacial score (nSPS) is 10.4. The van der Waals surface area contributed by atoms with Crippen LogP contribution in [0.2, 0.25) is 0 Å². The van der Waals surface area contributed by atoms with Gasteiger partial charge in [0.15, 0.2) is 5.78 Å². The first kappa shape index (κ1) is 14.6. The summed E-state index contributed by atoms with van der Waals surface area (Å²) in [5.41, 5.74) is 3.02. The summed E-state index contributed by atoms with van der Waals surface area (Å²) in [6, 6.07) is 5.94. The van der Waals surface area contributed by atoms with E-state index in [1.807, 2.05) is 26.0 Å². The van der Waals surface area contributed by atoms with E-state index in [-0.39, 0.29) is 18.0 Å². The Hall–Kier alpha value is -1.44. The lowest BCUT2D eigenvalue weighted by atomic mass is 9.95. The van der Waals surface area contributed by atoms with Gasteiger partial charge in [-0.3, -0.25) is 9.59 Å². The average molecular weight is 246 g/mol. The van der Waals surface area contributed by atoms with Gasteiger partial charge in [0.25, 0.3) is 0 Å². The average Bonchev–Trinajstić information content (AvgIpc) is 2.38. The van der Waals surface area contributed by atoms with Crippen molar-refractivity contribution in [2.45, 2.75) is 52.9 Å². The molecule has 98 valence electrons. The van der Waals surface area contributed by atoms with E-state index in [0.717, 1.165) is 30.4 Å². The molecule has 0 saturated carbocycles. The maximum absolute atomic E-state index is 12.1. The van der Waals surface area contributed by atoms with Gasteiger partial charge in [0.05, 0.1) is 6.42 Å². The van der Waals surface area contributed by atoms with Crippen LogP contribution in [0.5, 0.6) is 0 Å². The minimum absolute atomic E-state index is 0.0343. The second kappa shape index (κ2) is 7.10. The van der Waals surface area contributed by atoms with Gasteiger partial charge in [-0.1, -0.05) is 39.0 Å². The van der Waals surface area contributed by atoms with E-state index in [2.05, 4.69) is 13.0 Å². The molecule has 2 nitrogen and oxygen atoms in total. The molecule has 0 atom stereocenters. The summed E-state index contributed by atoms with van der Waals surface area (Å²) in [6.45, 7) is 6.09. The van der Waals surface area contributed by atoms with Crippen LogP contribution in [-0.4, -0.2) is 11.6 Å². The summed E-state index contributed by atoms with van der Waals surface area (Å²) in [5.74, 6) is 0.0112. The Morgan fingerprint density at radius 3 is 2.33 bits per heavy atom. The number of aryl methyl sites for hydroxylation is 2. The molecule has 1 rings (SSSR count). The van der Waals surface area contributed by atoms with Crippen molar-refractivity contribution in [2.24, 2.45) is 0 Å². The van der Waals surface area contributed by atoms with Gasteiger partial charge in [-0.2, -0.15) is 0 Å². The highest BCUT2D eigenvalue weighted by Crippen LogP contribution is 2.16. The second-order valence-corrected chi connectivity index (χ2v) is 4.59. The molecule has 0 unspecified atom stereocenters. The number of benzene rings is 1. The van der Waals surface area contributed by atoms with E-state index in [1.165, 1.54) is 5.56 Å². The molecule has 0 aliphatic carbocycles. The molecule has 1 aromatic rings. The molecule has 0 bridgehead atoms. The van der Waals surface area contributed by atoms with Crippen LogP contribution >= 0.6 is 0 Å². The molecule has 0 heterocycles. The summed E-state index contributed by atoms with van der Waals surface area (Å²) >= 11 is 0. The molecule has 18 heavy (non-hydrogen) atoms. The van der Waals surface area contributed by atoms with Gasteiger partial charge in [-0.05, 0) is 30.4 Å². The topological polar surface area (TPSA) is 34.1 Å². The van der Waals surface area contributed by atoms with Crippen molar-refractivity contribution in [3.05, 3.63) is 34.9 Å². The van der Waals surface area contributed by atoms with Gasteiger partial charge in [0, 0.05) is 12.0 Å². The van der Waals surface area contributed by atoms with Crippen LogP contribution in [0.4, 0.5) is 0 Å². The Balaban J connectivity index is 2.88. The zero-order valence-electron chi connectivity index (χ0n) is 11.6. The summed E-state index contributed by atoms with van der Waals surface area (Å²) < 4.78 is 0. The van der Waals surface area contributed by atoms with Crippen molar-refractivity contribution in [1.29, 1.82) is 0 Å². The molecule has 0 aromatic heterocycles. The largest absolute Gasteiger partial charge is 0.299 e. The highest BCUT2D eigenvalue weighted by Gasteiger charge is 2.14. The van der Waals surface area contributed by atoms with Crippen molar-refractivity contribution in [1.82, 2.24) is 0 Å². The van der Waals surface area contributed by atoms with E-state index in [0.29, 0.717) is 6.42 Å². The van der Waals surface area contributed by atoms with Crippen LogP contribution in [0.1, 0.15) is 61.5 Å². The van der Waals surface area contributed by atoms with Crippen LogP contribution < -0.4 is 0 Å². The van der Waals surface area contributed by atoms with Crippen molar-refractivity contribution >= 4 is 11.6 Å². The van der Waals surface area contributed by atoms with E-state index in [4.69, 9.17) is 0 Å². The first-order chi connectivity index (χ1) is 8.62. The smallest absolute Gasteiger partial charge is 0.170 e. The van der Waals surface area contributed by atoms with Crippen molar-refractivity contribution < 1.29 is 9.59 Å². The van der Waals surface area contributed by atoms with Crippen molar-refractivity contribution in [3.63, 3.8) is 0 Å². The molecule has 2 heteroatoms. The lowest BCUT2D eigenvalue weighted by Crippen LogP contribution is -2.10. The summed E-state index contributed by atoms with van der Waals surface area (Å²) in [4.78, 5) is 23.6. The van der Waals surface area contributed by atoms with Crippen LogP contribution in [-0.2, 0) is 17.6 Å². The Labute approximate surface area is 109 Å². The van der Waals surface area contributed by atoms with Crippen molar-refractivity contribution in [2.75, 3.05) is 0 Å². The first-order valence-corrected chi connectivity index (χ1v) is 6.79. The fourth-order valence-corrected chi connectivity index (χ4v) is 2.07. The lowest BCUT2D eigenvalue weighted by Gasteiger charge is -2.08. The maximum atomic E-state index is 12.1.